The van der Waals surface area contributed by atoms with Crippen molar-refractivity contribution in [3.05, 3.63) is 0 Å². The summed E-state index contributed by atoms with van der Waals surface area (Å²) in [5, 5.41) is 45.0. The first-order valence-corrected chi connectivity index (χ1v) is 3.60. The number of hydrogen-bond acceptors (Lipinski definition) is 6. The van der Waals surface area contributed by atoms with Crippen LogP contribution in [0.25, 0.3) is 0 Å². The molecule has 0 aromatic heterocycles. The van der Waals surface area contributed by atoms with Gasteiger partial charge in [-0.1, -0.05) is 0 Å². The number of carbonyl (C=O) groups is 1. The molecule has 0 fully saturated rings. The van der Waals surface area contributed by atoms with E-state index in [2.05, 4.69) is 0 Å². The van der Waals surface area contributed by atoms with Gasteiger partial charge in [-0.3, -0.25) is 0 Å². The summed E-state index contributed by atoms with van der Waals surface area (Å²) in [6.45, 7) is -0.567. The van der Waals surface area contributed by atoms with Crippen LogP contribution in [0.5, 0.6) is 0 Å². The maximum absolute atomic E-state index is 10.0. The number of aliphatic hydroxyl groups excluding tert-OH is 5. The van der Waals surface area contributed by atoms with Gasteiger partial charge in [-0.25, -0.2) is 0 Å². The van der Waals surface area contributed by atoms with Gasteiger partial charge in [0, 0.05) is 1.37 Å². The molecular formula is C7H14O6. The summed E-state index contributed by atoms with van der Waals surface area (Å²) in [6, 6.07) is 0. The van der Waals surface area contributed by atoms with E-state index in [1.807, 2.05) is 0 Å². The predicted octanol–water partition coefficient (Wildman–Crippen LogP) is -2.99. The summed E-state index contributed by atoms with van der Waals surface area (Å²) < 4.78 is 6.69. The van der Waals surface area contributed by atoms with Crippen molar-refractivity contribution in [3.8, 4) is 0 Å². The molecule has 0 amide bonds. The second-order valence-electron chi connectivity index (χ2n) is 2.67. The van der Waals surface area contributed by atoms with Crippen LogP contribution in [-0.4, -0.2) is 62.3 Å². The highest BCUT2D eigenvalue weighted by molar-refractivity contribution is 5.56. The molecule has 13 heavy (non-hydrogen) atoms. The second kappa shape index (κ2) is 5.25. The first-order chi connectivity index (χ1) is 6.45. The molecule has 0 rings (SSSR count). The van der Waals surface area contributed by atoms with E-state index >= 15 is 0 Å². The van der Waals surface area contributed by atoms with Crippen LogP contribution in [0.4, 0.5) is 0 Å². The number of aliphatic hydroxyl groups is 5. The van der Waals surface area contributed by atoms with Crippen LogP contribution in [0.3, 0.4) is 0 Å². The fourth-order valence-electron chi connectivity index (χ4n) is 0.712. The molecule has 5 N–H and O–H groups in total. The maximum Gasteiger partial charge on any atom is 0.151 e. The van der Waals surface area contributed by atoms with Crippen molar-refractivity contribution < 1.29 is 31.7 Å². The van der Waals surface area contributed by atoms with Crippen molar-refractivity contribution in [1.82, 2.24) is 0 Å². The van der Waals surface area contributed by atoms with Crippen LogP contribution < -0.4 is 0 Å². The molecule has 0 aliphatic rings. The van der Waals surface area contributed by atoms with E-state index in [1.54, 1.807) is 0 Å². The average Bonchev–Trinajstić information content (AvgIpc) is 2.23. The minimum atomic E-state index is -1.89. The zero-order valence-electron chi connectivity index (χ0n) is 7.82. The van der Waals surface area contributed by atoms with Crippen LogP contribution in [0.2, 0.25) is 0 Å². The molecule has 0 heterocycles. The molecule has 1 unspecified atom stereocenters. The van der Waals surface area contributed by atoms with E-state index in [-0.39, 0.29) is 6.29 Å². The van der Waals surface area contributed by atoms with E-state index in [1.165, 1.54) is 0 Å². The van der Waals surface area contributed by atoms with Gasteiger partial charge in [0.2, 0.25) is 0 Å². The van der Waals surface area contributed by atoms with Gasteiger partial charge in [0.15, 0.2) is 6.29 Å². The fraction of sp³-hybridized carbons (Fsp3) is 0.857. The van der Waals surface area contributed by atoms with Gasteiger partial charge in [-0.05, 0) is 6.90 Å². The highest BCUT2D eigenvalue weighted by Crippen LogP contribution is 2.06. The molecule has 6 nitrogen and oxygen atoms in total. The number of hydrogen-bond donors (Lipinski definition) is 5. The molecule has 0 spiro atoms. The Balaban J connectivity index is 4.29. The van der Waals surface area contributed by atoms with Crippen LogP contribution in [-0.2, 0) is 4.79 Å². The highest BCUT2D eigenvalue weighted by atomic mass is 16.4. The maximum atomic E-state index is 10.0. The summed E-state index contributed by atoms with van der Waals surface area (Å²) in [7, 11) is 0. The molecule has 78 valence electrons. The minimum absolute atomic E-state index is 0.00627. The average molecular weight is 195 g/mol. The lowest BCUT2D eigenvalue weighted by atomic mass is 10.0. The Morgan fingerprint density at radius 3 is 2.00 bits per heavy atom. The molecule has 0 aliphatic heterocycles. The summed E-state index contributed by atoms with van der Waals surface area (Å²) in [4.78, 5) is 10.0. The topological polar surface area (TPSA) is 118 Å². The predicted molar refractivity (Wildman–Crippen MR) is 41.8 cm³/mol. The van der Waals surface area contributed by atoms with Gasteiger partial charge in [0.1, 0.15) is 24.4 Å². The largest absolute Gasteiger partial charge is 0.391 e. The third-order valence-corrected chi connectivity index (χ3v) is 1.58. The fourth-order valence-corrected chi connectivity index (χ4v) is 0.712. The molecule has 0 aliphatic carbocycles. The van der Waals surface area contributed by atoms with Gasteiger partial charge in [0.05, 0.1) is 6.10 Å². The molecular weight excluding hydrogens is 180 g/mol. The molecule has 6 heteroatoms. The zero-order valence-corrected chi connectivity index (χ0v) is 6.82. The molecule has 0 radical (unpaired) electrons. The lowest BCUT2D eigenvalue weighted by Gasteiger charge is -2.25. The Labute approximate surface area is 76.5 Å². The Morgan fingerprint density at radius 1 is 1.08 bits per heavy atom. The van der Waals surface area contributed by atoms with Crippen LogP contribution in [0.1, 0.15) is 8.27 Å². The van der Waals surface area contributed by atoms with Crippen molar-refractivity contribution in [1.29, 1.82) is 0 Å². The van der Waals surface area contributed by atoms with E-state index in [0.717, 1.165) is 0 Å². The standard InChI is InChI=1S/C7H14O6/c1-3(9)5(11)7(13)6(12)4(10)2-8/h2-7,9-13H,1H3/t3?,4-,5+,6+,7-/m0/s1/i1D. The SMILES string of the molecule is [2H]CC(O)[C@@H](O)[C@H](O)[C@H](O)[C@@H](O)C=O. The van der Waals surface area contributed by atoms with Gasteiger partial charge < -0.3 is 30.3 Å². The van der Waals surface area contributed by atoms with E-state index in [0.29, 0.717) is 0 Å². The molecule has 0 saturated carbocycles. The van der Waals surface area contributed by atoms with Crippen molar-refractivity contribution in [2.75, 3.05) is 0 Å². The van der Waals surface area contributed by atoms with Gasteiger partial charge in [0.25, 0.3) is 0 Å². The van der Waals surface area contributed by atoms with Gasteiger partial charge in [-0.15, -0.1) is 0 Å². The van der Waals surface area contributed by atoms with E-state index < -0.39 is 37.4 Å². The van der Waals surface area contributed by atoms with Crippen molar-refractivity contribution in [2.45, 2.75) is 37.4 Å². The summed E-state index contributed by atoms with van der Waals surface area (Å²) in [5.41, 5.74) is 0. The molecule has 0 bridgehead atoms. The van der Waals surface area contributed by atoms with Crippen molar-refractivity contribution >= 4 is 6.29 Å². The molecule has 5 atom stereocenters. The van der Waals surface area contributed by atoms with Crippen LogP contribution >= 0.6 is 0 Å². The number of carbonyl (C=O) groups excluding carboxylic acids is 1. The quantitative estimate of drug-likeness (QED) is 0.298. The Hall–Kier alpha value is -0.530. The zero-order chi connectivity index (χ0) is 11.3. The van der Waals surface area contributed by atoms with E-state index in [4.69, 9.17) is 26.9 Å². The first kappa shape index (κ1) is 10.6. The molecule has 0 saturated heterocycles. The van der Waals surface area contributed by atoms with Gasteiger partial charge >= 0.3 is 0 Å². The van der Waals surface area contributed by atoms with E-state index in [9.17, 15) is 4.79 Å². The number of rotatable bonds is 5. The molecule has 0 aromatic rings. The molecule has 0 aromatic carbocycles. The smallest absolute Gasteiger partial charge is 0.151 e. The summed E-state index contributed by atoms with van der Waals surface area (Å²) in [5.74, 6) is 0. The van der Waals surface area contributed by atoms with Crippen molar-refractivity contribution in [3.63, 3.8) is 0 Å². The first-order valence-electron chi connectivity index (χ1n) is 4.31. The Morgan fingerprint density at radius 2 is 1.62 bits per heavy atom. The van der Waals surface area contributed by atoms with Crippen molar-refractivity contribution in [2.24, 2.45) is 0 Å². The lowest BCUT2D eigenvalue weighted by Crippen LogP contribution is -2.48. The Kier molecular flexibility index (Phi) is 4.26. The number of aldehydes is 1. The third-order valence-electron chi connectivity index (χ3n) is 1.58. The lowest BCUT2D eigenvalue weighted by molar-refractivity contribution is -0.142. The van der Waals surface area contributed by atoms with Crippen LogP contribution in [0, 0.1) is 0 Å². The monoisotopic (exact) mass is 195 g/mol. The highest BCUT2D eigenvalue weighted by Gasteiger charge is 2.32. The van der Waals surface area contributed by atoms with Crippen LogP contribution in [0.15, 0.2) is 0 Å². The second-order valence-corrected chi connectivity index (χ2v) is 2.67. The third kappa shape index (κ3) is 3.37. The summed E-state index contributed by atoms with van der Waals surface area (Å²) in [6.07, 6.45) is -8.93. The van der Waals surface area contributed by atoms with Gasteiger partial charge in [-0.2, -0.15) is 0 Å². The minimum Gasteiger partial charge on any atom is -0.391 e. The normalized spacial score (nSPS) is 23.9. The Bertz CT molecular complexity index is 178. The summed E-state index contributed by atoms with van der Waals surface area (Å²) >= 11 is 0.